The molecule has 2 saturated heterocycles. The second-order valence-electron chi connectivity index (χ2n) is 10.8. The van der Waals surface area contributed by atoms with E-state index in [1.54, 1.807) is 12.1 Å². The van der Waals surface area contributed by atoms with Crippen molar-refractivity contribution in [2.45, 2.75) is 43.7 Å². The molecule has 4 atom stereocenters. The third kappa shape index (κ3) is 2.84. The molecule has 3 aromatic rings. The van der Waals surface area contributed by atoms with Gasteiger partial charge in [-0.25, -0.2) is 0 Å². The summed E-state index contributed by atoms with van der Waals surface area (Å²) in [7, 11) is 0. The number of nitrogens with zero attached hydrogens (tertiary/aromatic N) is 1. The number of Topliss-reactive ketones (excluding diaryl/α,β-unsaturated/α-hetero) is 1. The molecule has 3 aromatic carbocycles. The molecular formula is C31H28ClN3O4. The van der Waals surface area contributed by atoms with Crippen molar-refractivity contribution in [1.29, 1.82) is 0 Å². The largest absolute Gasteiger partial charge is 0.493 e. The Balaban J connectivity index is 1.59. The third-order valence-electron chi connectivity index (χ3n) is 9.04. The molecule has 4 unspecified atom stereocenters. The van der Waals surface area contributed by atoms with Gasteiger partial charge in [0.25, 0.3) is 5.91 Å². The number of halogens is 1. The van der Waals surface area contributed by atoms with Gasteiger partial charge in [-0.1, -0.05) is 48.0 Å². The summed E-state index contributed by atoms with van der Waals surface area (Å²) < 4.78 is 5.87. The van der Waals surface area contributed by atoms with Gasteiger partial charge in [0.15, 0.2) is 5.78 Å². The first-order valence-corrected chi connectivity index (χ1v) is 13.8. The zero-order valence-electron chi connectivity index (χ0n) is 21.7. The summed E-state index contributed by atoms with van der Waals surface area (Å²) in [6.45, 7) is 4.78. The maximum atomic E-state index is 14.8. The van der Waals surface area contributed by atoms with Gasteiger partial charge in [-0.15, -0.1) is 0 Å². The molecule has 0 bridgehead atoms. The van der Waals surface area contributed by atoms with Gasteiger partial charge in [-0.2, -0.15) is 0 Å². The number of nitrogens with one attached hydrogen (secondary N) is 2. The average molecular weight is 542 g/mol. The zero-order chi connectivity index (χ0) is 27.1. The summed E-state index contributed by atoms with van der Waals surface area (Å²) in [5.74, 6) is -1.21. The van der Waals surface area contributed by atoms with E-state index in [4.69, 9.17) is 16.3 Å². The second kappa shape index (κ2) is 8.41. The summed E-state index contributed by atoms with van der Waals surface area (Å²) in [6, 6.07) is 18.0. The van der Waals surface area contributed by atoms with Crippen LogP contribution in [0.5, 0.6) is 5.75 Å². The number of hydrogen-bond donors (Lipinski definition) is 2. The fourth-order valence-electron chi connectivity index (χ4n) is 7.89. The lowest BCUT2D eigenvalue weighted by Crippen LogP contribution is -2.62. The van der Waals surface area contributed by atoms with Gasteiger partial charge in [0.1, 0.15) is 16.7 Å². The van der Waals surface area contributed by atoms with Crippen LogP contribution in [0, 0.1) is 12.8 Å². The first-order valence-electron chi connectivity index (χ1n) is 13.4. The van der Waals surface area contributed by atoms with E-state index in [2.05, 4.69) is 15.5 Å². The van der Waals surface area contributed by atoms with Gasteiger partial charge in [-0.3, -0.25) is 19.3 Å². The van der Waals surface area contributed by atoms with Crippen LogP contribution < -0.4 is 15.4 Å². The highest BCUT2D eigenvalue weighted by atomic mass is 35.5. The monoisotopic (exact) mass is 541 g/mol. The number of para-hydroxylation sites is 2. The summed E-state index contributed by atoms with van der Waals surface area (Å²) in [5.41, 5.74) is 0.793. The van der Waals surface area contributed by atoms with Crippen LogP contribution in [0.1, 0.15) is 46.8 Å². The smallest absolute Gasteiger partial charge is 0.251 e. The highest BCUT2D eigenvalue weighted by Gasteiger charge is 2.81. The minimum absolute atomic E-state index is 0.195. The fourth-order valence-corrected chi connectivity index (χ4v) is 8.21. The van der Waals surface area contributed by atoms with E-state index < -0.39 is 16.9 Å². The van der Waals surface area contributed by atoms with E-state index in [0.717, 1.165) is 12.0 Å². The first-order chi connectivity index (χ1) is 18.9. The molecule has 4 aliphatic heterocycles. The molecule has 7 nitrogen and oxygen atoms in total. The van der Waals surface area contributed by atoms with Crippen LogP contribution in [0.2, 0.25) is 5.02 Å². The summed E-state index contributed by atoms with van der Waals surface area (Å²) in [5, 5.41) is 6.53. The molecule has 0 radical (unpaired) electrons. The molecule has 0 saturated carbocycles. The number of aryl methyl sites for hydroxylation is 1. The maximum Gasteiger partial charge on any atom is 0.251 e. The Hall–Kier alpha value is -3.68. The van der Waals surface area contributed by atoms with E-state index in [9.17, 15) is 14.4 Å². The average Bonchev–Trinajstić information content (AvgIpc) is 3.64. The van der Waals surface area contributed by atoms with Crippen LogP contribution in [-0.4, -0.2) is 41.7 Å². The van der Waals surface area contributed by atoms with E-state index >= 15 is 0 Å². The Morgan fingerprint density at radius 3 is 2.64 bits per heavy atom. The lowest BCUT2D eigenvalue weighted by molar-refractivity contribution is -0.137. The minimum atomic E-state index is -1.52. The number of anilines is 2. The van der Waals surface area contributed by atoms with Crippen LogP contribution in [0.4, 0.5) is 11.4 Å². The molecule has 198 valence electrons. The van der Waals surface area contributed by atoms with Crippen molar-refractivity contribution in [3.05, 3.63) is 87.9 Å². The SMILES string of the molecule is CCOc1ccccc1C(=O)C1C2CCCN2C2(C(=O)Nc3c(Cl)cc(C)cc32)C12C(=O)Nc1ccccc12. The molecular weight excluding hydrogens is 514 g/mol. The van der Waals surface area contributed by atoms with Gasteiger partial charge in [0.2, 0.25) is 5.91 Å². The Morgan fingerprint density at radius 2 is 1.82 bits per heavy atom. The number of ether oxygens (including phenoxy) is 1. The molecule has 2 spiro atoms. The van der Waals surface area contributed by atoms with Crippen molar-refractivity contribution < 1.29 is 19.1 Å². The minimum Gasteiger partial charge on any atom is -0.493 e. The van der Waals surface area contributed by atoms with Gasteiger partial charge < -0.3 is 15.4 Å². The molecule has 39 heavy (non-hydrogen) atoms. The molecule has 2 fully saturated rings. The van der Waals surface area contributed by atoms with Crippen molar-refractivity contribution in [3.8, 4) is 5.75 Å². The molecule has 4 heterocycles. The molecule has 0 aliphatic carbocycles. The van der Waals surface area contributed by atoms with Crippen molar-refractivity contribution in [2.24, 2.45) is 5.92 Å². The number of hydrogen-bond acceptors (Lipinski definition) is 5. The molecule has 7 rings (SSSR count). The van der Waals surface area contributed by atoms with Crippen molar-refractivity contribution in [1.82, 2.24) is 4.90 Å². The predicted molar refractivity (Wildman–Crippen MR) is 148 cm³/mol. The van der Waals surface area contributed by atoms with E-state index in [0.29, 0.717) is 58.4 Å². The Bertz CT molecular complexity index is 1590. The van der Waals surface area contributed by atoms with Crippen LogP contribution in [0.3, 0.4) is 0 Å². The number of carbonyl (C=O) groups excluding carboxylic acids is 3. The molecule has 4 aliphatic rings. The first kappa shape index (κ1) is 24.4. The van der Waals surface area contributed by atoms with E-state index in [-0.39, 0.29) is 23.6 Å². The molecule has 2 N–H and O–H groups in total. The highest BCUT2D eigenvalue weighted by molar-refractivity contribution is 6.35. The van der Waals surface area contributed by atoms with Gasteiger partial charge in [0, 0.05) is 17.3 Å². The standard InChI is InChI=1S/C31H28ClN3O4/c1-3-39-24-13-7-4-9-18(24)27(36)25-23-12-8-14-35(23)31(20-15-17(2)16-21(32)26(20)34-29(31)38)30(25)19-10-5-6-11-22(19)33-28(30)37/h4-7,9-11,13,15-16,23,25H,3,8,12,14H2,1-2H3,(H,33,37)(H,34,38). The highest BCUT2D eigenvalue weighted by Crippen LogP contribution is 2.68. The Labute approximate surface area is 231 Å². The number of benzene rings is 3. The fraction of sp³-hybridized carbons (Fsp3) is 0.323. The Morgan fingerprint density at radius 1 is 1.05 bits per heavy atom. The van der Waals surface area contributed by atoms with Crippen LogP contribution in [0.15, 0.2) is 60.7 Å². The van der Waals surface area contributed by atoms with Gasteiger partial charge >= 0.3 is 0 Å². The van der Waals surface area contributed by atoms with E-state index in [1.165, 1.54) is 0 Å². The summed E-state index contributed by atoms with van der Waals surface area (Å²) in [6.07, 6.45) is 1.50. The molecule has 0 aromatic heterocycles. The number of carbonyl (C=O) groups is 3. The van der Waals surface area contributed by atoms with Crippen LogP contribution >= 0.6 is 11.6 Å². The maximum absolute atomic E-state index is 14.8. The number of ketones is 1. The van der Waals surface area contributed by atoms with Crippen molar-refractivity contribution in [3.63, 3.8) is 0 Å². The summed E-state index contributed by atoms with van der Waals surface area (Å²) in [4.78, 5) is 46.1. The Kier molecular flexibility index (Phi) is 5.25. The lowest BCUT2D eigenvalue weighted by atomic mass is 9.57. The zero-order valence-corrected chi connectivity index (χ0v) is 22.5. The number of fused-ring (bicyclic) bond motifs is 7. The topological polar surface area (TPSA) is 87.7 Å². The van der Waals surface area contributed by atoms with Gasteiger partial charge in [-0.05, 0) is 68.6 Å². The van der Waals surface area contributed by atoms with Gasteiger partial charge in [0.05, 0.1) is 28.8 Å². The van der Waals surface area contributed by atoms with Crippen LogP contribution in [-0.2, 0) is 20.5 Å². The molecule has 2 amide bonds. The quantitative estimate of drug-likeness (QED) is 0.451. The normalized spacial score (nSPS) is 28.4. The number of rotatable bonds is 4. The summed E-state index contributed by atoms with van der Waals surface area (Å²) >= 11 is 6.71. The second-order valence-corrected chi connectivity index (χ2v) is 11.2. The third-order valence-corrected chi connectivity index (χ3v) is 9.33. The number of amides is 2. The van der Waals surface area contributed by atoms with Crippen molar-refractivity contribution in [2.75, 3.05) is 23.8 Å². The molecule has 8 heteroatoms. The van der Waals surface area contributed by atoms with Crippen LogP contribution in [0.25, 0.3) is 0 Å². The lowest BCUT2D eigenvalue weighted by Gasteiger charge is -2.43. The van der Waals surface area contributed by atoms with E-state index in [1.807, 2.05) is 62.4 Å². The predicted octanol–water partition coefficient (Wildman–Crippen LogP) is 5.06. The van der Waals surface area contributed by atoms with Crippen molar-refractivity contribution >= 4 is 40.6 Å².